The molecule has 1 saturated heterocycles. The zero-order valence-electron chi connectivity index (χ0n) is 19.3. The molecule has 1 aromatic carbocycles. The van der Waals surface area contributed by atoms with E-state index < -0.39 is 9.84 Å². The number of aromatic nitrogens is 2. The summed E-state index contributed by atoms with van der Waals surface area (Å²) >= 11 is 6.38. The number of carbonyl (C=O) groups is 1. The smallest absolute Gasteiger partial charge is 0.254 e. The zero-order valence-corrected chi connectivity index (χ0v) is 20.9. The first-order chi connectivity index (χ1) is 14.9. The molecule has 2 aromatic rings. The van der Waals surface area contributed by atoms with E-state index >= 15 is 0 Å². The molecule has 0 spiro atoms. The van der Waals surface area contributed by atoms with E-state index in [-0.39, 0.29) is 29.6 Å². The van der Waals surface area contributed by atoms with Crippen LogP contribution in [0.5, 0.6) is 11.5 Å². The zero-order chi connectivity index (χ0) is 23.8. The minimum absolute atomic E-state index is 0.0945. The molecule has 1 amide bonds. The highest BCUT2D eigenvalue weighted by Gasteiger charge is 2.32. The van der Waals surface area contributed by atoms with Crippen molar-refractivity contribution in [3.8, 4) is 11.5 Å². The summed E-state index contributed by atoms with van der Waals surface area (Å²) in [4.78, 5) is 14.7. The molecule has 1 aromatic heterocycles. The van der Waals surface area contributed by atoms with Gasteiger partial charge in [0.15, 0.2) is 21.3 Å². The molecule has 0 aliphatic carbocycles. The van der Waals surface area contributed by atoms with Crippen molar-refractivity contribution in [2.24, 2.45) is 0 Å². The van der Waals surface area contributed by atoms with Crippen molar-refractivity contribution in [1.82, 2.24) is 14.7 Å². The Morgan fingerprint density at radius 3 is 2.59 bits per heavy atom. The van der Waals surface area contributed by atoms with Crippen molar-refractivity contribution in [3.63, 3.8) is 0 Å². The highest BCUT2D eigenvalue weighted by atomic mass is 35.5. The monoisotopic (exact) mass is 483 g/mol. The number of nitrogens with zero attached hydrogens (tertiary/aromatic N) is 3. The van der Waals surface area contributed by atoms with Gasteiger partial charge in [0, 0.05) is 30.4 Å². The fourth-order valence-corrected chi connectivity index (χ4v) is 5.92. The standard InChI is InChI=1S/C22H30ClN3O5S/c1-13(2)31-21-19(23)9-16(10-20(21)30-6)22(27)25(5)11-18-14(3)24-26(15(18)4)17-7-8-32(28,29)12-17/h9-10,13,17H,7-8,11-12H2,1-6H3/t17-/m0/s1. The van der Waals surface area contributed by atoms with Gasteiger partial charge in [-0.15, -0.1) is 0 Å². The van der Waals surface area contributed by atoms with Crippen LogP contribution in [0.1, 0.15) is 53.6 Å². The average Bonchev–Trinajstić information content (AvgIpc) is 3.21. The van der Waals surface area contributed by atoms with E-state index in [0.717, 1.165) is 17.0 Å². The SMILES string of the molecule is COc1cc(C(=O)N(C)Cc2c(C)nn([C@H]3CCS(=O)(=O)C3)c2C)cc(Cl)c1OC(C)C. The van der Waals surface area contributed by atoms with Gasteiger partial charge in [-0.05, 0) is 46.2 Å². The Bertz CT molecular complexity index is 1130. The maximum atomic E-state index is 13.1. The van der Waals surface area contributed by atoms with Gasteiger partial charge in [-0.2, -0.15) is 5.10 Å². The predicted octanol–water partition coefficient (Wildman–Crippen LogP) is 3.58. The number of benzene rings is 1. The normalized spacial score (nSPS) is 17.6. The minimum atomic E-state index is -3.02. The summed E-state index contributed by atoms with van der Waals surface area (Å²) in [6, 6.07) is 3.03. The second-order valence-corrected chi connectivity index (χ2v) is 11.1. The van der Waals surface area contributed by atoms with Gasteiger partial charge in [0.1, 0.15) is 0 Å². The quantitative estimate of drug-likeness (QED) is 0.597. The summed E-state index contributed by atoms with van der Waals surface area (Å²) in [7, 11) is 0.189. The molecule has 0 unspecified atom stereocenters. The first-order valence-electron chi connectivity index (χ1n) is 10.5. The lowest BCUT2D eigenvalue weighted by molar-refractivity contribution is 0.0784. The van der Waals surface area contributed by atoms with Gasteiger partial charge in [0.2, 0.25) is 0 Å². The molecule has 32 heavy (non-hydrogen) atoms. The second-order valence-electron chi connectivity index (χ2n) is 8.47. The van der Waals surface area contributed by atoms with Crippen molar-refractivity contribution in [3.05, 3.63) is 39.7 Å². The van der Waals surface area contributed by atoms with Crippen LogP contribution in [-0.4, -0.2) is 60.8 Å². The summed E-state index contributed by atoms with van der Waals surface area (Å²) < 4.78 is 36.7. The molecule has 0 bridgehead atoms. The van der Waals surface area contributed by atoms with E-state index in [4.69, 9.17) is 21.1 Å². The van der Waals surface area contributed by atoms with E-state index in [9.17, 15) is 13.2 Å². The van der Waals surface area contributed by atoms with Crippen LogP contribution >= 0.6 is 11.6 Å². The summed E-state index contributed by atoms with van der Waals surface area (Å²) in [6.07, 6.45) is 0.463. The van der Waals surface area contributed by atoms with E-state index in [0.29, 0.717) is 35.1 Å². The summed E-state index contributed by atoms with van der Waals surface area (Å²) in [6.45, 7) is 7.89. The van der Waals surface area contributed by atoms with Crippen molar-refractivity contribution >= 4 is 27.3 Å². The predicted molar refractivity (Wildman–Crippen MR) is 124 cm³/mol. The number of ether oxygens (including phenoxy) is 2. The van der Waals surface area contributed by atoms with Crippen LogP contribution in [0.4, 0.5) is 0 Å². The van der Waals surface area contributed by atoms with Crippen LogP contribution in [-0.2, 0) is 16.4 Å². The number of carbonyl (C=O) groups excluding carboxylic acids is 1. The number of amides is 1. The average molecular weight is 484 g/mol. The molecule has 10 heteroatoms. The maximum absolute atomic E-state index is 13.1. The molecule has 1 aliphatic rings. The molecule has 1 fully saturated rings. The number of hydrogen-bond donors (Lipinski definition) is 0. The molecule has 176 valence electrons. The first-order valence-corrected chi connectivity index (χ1v) is 12.7. The van der Waals surface area contributed by atoms with Crippen LogP contribution < -0.4 is 9.47 Å². The topological polar surface area (TPSA) is 90.7 Å². The first kappa shape index (κ1) is 24.4. The molecule has 1 atom stereocenters. The molecular formula is C22H30ClN3O5S. The van der Waals surface area contributed by atoms with Crippen molar-refractivity contribution < 1.29 is 22.7 Å². The Balaban J connectivity index is 1.83. The van der Waals surface area contributed by atoms with Gasteiger partial charge in [-0.1, -0.05) is 11.6 Å². The van der Waals surface area contributed by atoms with Crippen LogP contribution in [0.25, 0.3) is 0 Å². The number of halogens is 1. The van der Waals surface area contributed by atoms with E-state index in [2.05, 4.69) is 5.10 Å². The fourth-order valence-electron chi connectivity index (χ4n) is 3.97. The molecule has 2 heterocycles. The van der Waals surface area contributed by atoms with Gasteiger partial charge < -0.3 is 14.4 Å². The third-order valence-corrected chi connectivity index (χ3v) is 7.63. The van der Waals surface area contributed by atoms with Gasteiger partial charge in [-0.25, -0.2) is 8.42 Å². The third-order valence-electron chi connectivity index (χ3n) is 5.60. The molecule has 3 rings (SSSR count). The number of methoxy groups -OCH3 is 1. The highest BCUT2D eigenvalue weighted by molar-refractivity contribution is 7.91. The molecule has 0 N–H and O–H groups in total. The lowest BCUT2D eigenvalue weighted by Crippen LogP contribution is -2.27. The Kier molecular flexibility index (Phi) is 7.09. The lowest BCUT2D eigenvalue weighted by Gasteiger charge is -2.20. The third kappa shape index (κ3) is 5.04. The fraction of sp³-hybridized carbons (Fsp3) is 0.545. The number of hydrogen-bond acceptors (Lipinski definition) is 6. The molecule has 1 aliphatic heterocycles. The summed E-state index contributed by atoms with van der Waals surface area (Å²) in [5.41, 5.74) is 2.95. The highest BCUT2D eigenvalue weighted by Crippen LogP contribution is 2.37. The summed E-state index contributed by atoms with van der Waals surface area (Å²) in [5.74, 6) is 0.861. The van der Waals surface area contributed by atoms with Gasteiger partial charge in [0.25, 0.3) is 5.91 Å². The number of rotatable bonds is 7. The van der Waals surface area contributed by atoms with Crippen molar-refractivity contribution in [1.29, 1.82) is 0 Å². The lowest BCUT2D eigenvalue weighted by atomic mass is 10.1. The largest absolute Gasteiger partial charge is 0.493 e. The Morgan fingerprint density at radius 1 is 1.34 bits per heavy atom. The minimum Gasteiger partial charge on any atom is -0.493 e. The van der Waals surface area contributed by atoms with E-state index in [1.807, 2.05) is 27.7 Å². The van der Waals surface area contributed by atoms with E-state index in [1.165, 1.54) is 7.11 Å². The second kappa shape index (κ2) is 9.31. The van der Waals surface area contributed by atoms with Crippen LogP contribution in [0.3, 0.4) is 0 Å². The van der Waals surface area contributed by atoms with Gasteiger partial charge in [-0.3, -0.25) is 9.48 Å². The van der Waals surface area contributed by atoms with Crippen LogP contribution in [0.2, 0.25) is 5.02 Å². The Morgan fingerprint density at radius 2 is 2.03 bits per heavy atom. The molecule has 0 saturated carbocycles. The Hall–Kier alpha value is -2.26. The molecule has 8 nitrogen and oxygen atoms in total. The van der Waals surface area contributed by atoms with Crippen molar-refractivity contribution in [2.45, 2.75) is 52.8 Å². The number of aryl methyl sites for hydroxylation is 1. The van der Waals surface area contributed by atoms with Crippen molar-refractivity contribution in [2.75, 3.05) is 25.7 Å². The summed E-state index contributed by atoms with van der Waals surface area (Å²) in [5, 5.41) is 4.88. The maximum Gasteiger partial charge on any atom is 0.254 e. The molecule has 0 radical (unpaired) electrons. The van der Waals surface area contributed by atoms with Gasteiger partial charge >= 0.3 is 0 Å². The number of sulfone groups is 1. The Labute approximate surface area is 194 Å². The van der Waals surface area contributed by atoms with E-state index in [1.54, 1.807) is 28.8 Å². The van der Waals surface area contributed by atoms with Crippen LogP contribution in [0, 0.1) is 13.8 Å². The van der Waals surface area contributed by atoms with Gasteiger partial charge in [0.05, 0.1) is 41.5 Å². The van der Waals surface area contributed by atoms with Crippen LogP contribution in [0.15, 0.2) is 12.1 Å². The molecular weight excluding hydrogens is 454 g/mol.